The summed E-state index contributed by atoms with van der Waals surface area (Å²) in [5.74, 6) is 0.902. The fourth-order valence-electron chi connectivity index (χ4n) is 3.48. The second-order valence-corrected chi connectivity index (χ2v) is 8.40. The molecular weight excluding hydrogens is 440 g/mol. The van der Waals surface area contributed by atoms with Gasteiger partial charge in [-0.1, -0.05) is 30.3 Å². The van der Waals surface area contributed by atoms with E-state index in [2.05, 4.69) is 15.4 Å². The number of rotatable bonds is 6. The molecule has 0 bridgehead atoms. The zero-order chi connectivity index (χ0) is 22.8. The summed E-state index contributed by atoms with van der Waals surface area (Å²) in [6.07, 6.45) is 0. The van der Waals surface area contributed by atoms with Crippen LogP contribution in [-0.4, -0.2) is 34.0 Å². The molecule has 166 valence electrons. The van der Waals surface area contributed by atoms with Crippen molar-refractivity contribution in [1.82, 2.24) is 20.1 Å². The minimum atomic E-state index is -0.261. The van der Waals surface area contributed by atoms with Crippen molar-refractivity contribution in [3.05, 3.63) is 82.3 Å². The molecule has 5 rings (SSSR count). The normalized spacial score (nSPS) is 12.0. The SMILES string of the molecule is Cc1nc(-c2ccccc2)sc1-c1ccc(=O)n(CCNC(=O)c2ccc3c(c2)OCO3)n1. The van der Waals surface area contributed by atoms with Crippen LogP contribution in [0.3, 0.4) is 0 Å². The summed E-state index contributed by atoms with van der Waals surface area (Å²) >= 11 is 1.54. The number of aromatic nitrogens is 3. The summed E-state index contributed by atoms with van der Waals surface area (Å²) in [5, 5.41) is 8.23. The van der Waals surface area contributed by atoms with Crippen LogP contribution in [0.25, 0.3) is 21.1 Å². The molecule has 33 heavy (non-hydrogen) atoms. The summed E-state index contributed by atoms with van der Waals surface area (Å²) < 4.78 is 11.9. The highest BCUT2D eigenvalue weighted by atomic mass is 32.1. The number of carbonyl (C=O) groups is 1. The Morgan fingerprint density at radius 2 is 1.91 bits per heavy atom. The fraction of sp³-hybridized carbons (Fsp3) is 0.167. The molecule has 0 saturated heterocycles. The second kappa shape index (κ2) is 8.87. The first kappa shape index (κ1) is 20.9. The zero-order valence-corrected chi connectivity index (χ0v) is 18.6. The predicted molar refractivity (Wildman–Crippen MR) is 125 cm³/mol. The standard InChI is InChI=1S/C24H20N4O4S/c1-15-22(33-24(26-15)16-5-3-2-4-6-16)18-8-10-21(29)28(27-18)12-11-25-23(30)17-7-9-19-20(13-17)32-14-31-19/h2-10,13H,11-12,14H2,1H3,(H,25,30). The van der Waals surface area contributed by atoms with Crippen LogP contribution in [-0.2, 0) is 6.54 Å². The number of thiazole rings is 1. The van der Waals surface area contributed by atoms with Crippen molar-refractivity contribution in [1.29, 1.82) is 0 Å². The Bertz CT molecular complexity index is 1380. The van der Waals surface area contributed by atoms with Gasteiger partial charge in [-0.25, -0.2) is 9.67 Å². The number of hydrogen-bond acceptors (Lipinski definition) is 7. The Morgan fingerprint density at radius 3 is 2.76 bits per heavy atom. The lowest BCUT2D eigenvalue weighted by Crippen LogP contribution is -2.31. The lowest BCUT2D eigenvalue weighted by Gasteiger charge is -2.08. The largest absolute Gasteiger partial charge is 0.454 e. The number of hydrogen-bond donors (Lipinski definition) is 1. The van der Waals surface area contributed by atoms with Gasteiger partial charge in [-0.3, -0.25) is 9.59 Å². The van der Waals surface area contributed by atoms with Crippen molar-refractivity contribution in [2.75, 3.05) is 13.3 Å². The van der Waals surface area contributed by atoms with Crippen LogP contribution in [0.5, 0.6) is 11.5 Å². The van der Waals surface area contributed by atoms with Gasteiger partial charge < -0.3 is 14.8 Å². The Morgan fingerprint density at radius 1 is 1.09 bits per heavy atom. The van der Waals surface area contributed by atoms with Crippen molar-refractivity contribution in [2.45, 2.75) is 13.5 Å². The number of ether oxygens (including phenoxy) is 2. The highest BCUT2D eigenvalue weighted by molar-refractivity contribution is 7.18. The van der Waals surface area contributed by atoms with Crippen molar-refractivity contribution in [2.24, 2.45) is 0 Å². The number of benzene rings is 2. The summed E-state index contributed by atoms with van der Waals surface area (Å²) in [7, 11) is 0. The van der Waals surface area contributed by atoms with Gasteiger partial charge in [0.1, 0.15) is 10.7 Å². The van der Waals surface area contributed by atoms with Gasteiger partial charge in [0.05, 0.1) is 17.1 Å². The Kier molecular flexibility index (Phi) is 5.62. The molecule has 9 heteroatoms. The quantitative estimate of drug-likeness (QED) is 0.473. The first-order valence-electron chi connectivity index (χ1n) is 10.4. The van der Waals surface area contributed by atoms with Crippen molar-refractivity contribution < 1.29 is 14.3 Å². The van der Waals surface area contributed by atoms with Gasteiger partial charge >= 0.3 is 0 Å². The maximum Gasteiger partial charge on any atom is 0.266 e. The van der Waals surface area contributed by atoms with Gasteiger partial charge in [-0.05, 0) is 31.2 Å². The molecule has 0 aliphatic carbocycles. The number of nitrogens with one attached hydrogen (secondary N) is 1. The summed E-state index contributed by atoms with van der Waals surface area (Å²) in [6.45, 7) is 2.57. The molecule has 0 unspecified atom stereocenters. The molecule has 2 aromatic heterocycles. The average molecular weight is 461 g/mol. The van der Waals surface area contributed by atoms with Gasteiger partial charge in [0.2, 0.25) is 6.79 Å². The zero-order valence-electron chi connectivity index (χ0n) is 17.8. The molecule has 3 heterocycles. The molecule has 4 aromatic rings. The van der Waals surface area contributed by atoms with E-state index in [4.69, 9.17) is 9.47 Å². The molecule has 0 saturated carbocycles. The summed E-state index contributed by atoms with van der Waals surface area (Å²) in [5.41, 5.74) is 2.79. The smallest absolute Gasteiger partial charge is 0.266 e. The van der Waals surface area contributed by atoms with E-state index in [1.54, 1.807) is 24.3 Å². The van der Waals surface area contributed by atoms with Gasteiger partial charge in [-0.2, -0.15) is 5.10 Å². The van der Waals surface area contributed by atoms with E-state index < -0.39 is 0 Å². The van der Waals surface area contributed by atoms with E-state index in [-0.39, 0.29) is 31.3 Å². The van der Waals surface area contributed by atoms with Crippen LogP contribution in [0.1, 0.15) is 16.1 Å². The minimum absolute atomic E-state index is 0.150. The monoisotopic (exact) mass is 460 g/mol. The molecule has 8 nitrogen and oxygen atoms in total. The van der Waals surface area contributed by atoms with Crippen LogP contribution in [0.2, 0.25) is 0 Å². The third kappa shape index (κ3) is 4.35. The molecule has 1 aliphatic heterocycles. The van der Waals surface area contributed by atoms with Crippen molar-refractivity contribution >= 4 is 17.2 Å². The molecule has 2 aromatic carbocycles. The van der Waals surface area contributed by atoms with E-state index in [9.17, 15) is 9.59 Å². The first-order valence-corrected chi connectivity index (χ1v) is 11.2. The third-order valence-corrected chi connectivity index (χ3v) is 6.39. The van der Waals surface area contributed by atoms with E-state index in [1.807, 2.05) is 37.3 Å². The number of fused-ring (bicyclic) bond motifs is 1. The average Bonchev–Trinajstić information content (AvgIpc) is 3.47. The fourth-order valence-corrected chi connectivity index (χ4v) is 4.52. The lowest BCUT2D eigenvalue weighted by molar-refractivity contribution is 0.0951. The first-order chi connectivity index (χ1) is 16.1. The van der Waals surface area contributed by atoms with Gasteiger partial charge in [-0.15, -0.1) is 11.3 Å². The summed E-state index contributed by atoms with van der Waals surface area (Å²) in [4.78, 5) is 30.4. The summed E-state index contributed by atoms with van der Waals surface area (Å²) in [6, 6.07) is 18.1. The van der Waals surface area contributed by atoms with Crippen molar-refractivity contribution in [3.8, 4) is 32.6 Å². The van der Waals surface area contributed by atoms with Crippen LogP contribution in [0.15, 0.2) is 65.5 Å². The van der Waals surface area contributed by atoms with Crippen LogP contribution >= 0.6 is 11.3 Å². The highest BCUT2D eigenvalue weighted by Gasteiger charge is 2.17. The van der Waals surface area contributed by atoms with Gasteiger partial charge in [0.25, 0.3) is 11.5 Å². The number of nitrogens with zero attached hydrogens (tertiary/aromatic N) is 3. The van der Waals surface area contributed by atoms with Crippen LogP contribution < -0.4 is 20.3 Å². The third-order valence-electron chi connectivity index (χ3n) is 5.16. The Labute approximate surface area is 193 Å². The maximum absolute atomic E-state index is 12.5. The van der Waals surface area contributed by atoms with Gasteiger partial charge in [0.15, 0.2) is 11.5 Å². The number of amides is 1. The highest BCUT2D eigenvalue weighted by Crippen LogP contribution is 2.34. The minimum Gasteiger partial charge on any atom is -0.454 e. The molecule has 0 fully saturated rings. The maximum atomic E-state index is 12.5. The molecule has 0 radical (unpaired) electrons. The van der Waals surface area contributed by atoms with E-state index >= 15 is 0 Å². The van der Waals surface area contributed by atoms with E-state index in [0.29, 0.717) is 22.8 Å². The molecule has 1 aliphatic rings. The van der Waals surface area contributed by atoms with Crippen LogP contribution in [0, 0.1) is 6.92 Å². The number of aryl methyl sites for hydroxylation is 1. The molecular formula is C24H20N4O4S. The predicted octanol–water partition coefficient (Wildman–Crippen LogP) is 3.50. The van der Waals surface area contributed by atoms with E-state index in [0.717, 1.165) is 21.1 Å². The van der Waals surface area contributed by atoms with E-state index in [1.165, 1.54) is 22.1 Å². The van der Waals surface area contributed by atoms with Crippen LogP contribution in [0.4, 0.5) is 0 Å². The molecule has 0 atom stereocenters. The van der Waals surface area contributed by atoms with Gasteiger partial charge in [0, 0.05) is 23.7 Å². The lowest BCUT2D eigenvalue weighted by atomic mass is 10.2. The second-order valence-electron chi connectivity index (χ2n) is 7.40. The molecule has 1 N–H and O–H groups in total. The molecule has 1 amide bonds. The topological polar surface area (TPSA) is 95.3 Å². The number of carbonyl (C=O) groups excluding carboxylic acids is 1. The molecule has 0 spiro atoms. The Hall–Kier alpha value is -3.98. The Balaban J connectivity index is 1.29. The van der Waals surface area contributed by atoms with Crippen molar-refractivity contribution in [3.63, 3.8) is 0 Å².